The van der Waals surface area contributed by atoms with Gasteiger partial charge in [0.1, 0.15) is 11.9 Å². The molecule has 2 rings (SSSR count). The molecule has 24 heavy (non-hydrogen) atoms. The first-order valence-electron chi connectivity index (χ1n) is 7.62. The van der Waals surface area contributed by atoms with Gasteiger partial charge in [-0.05, 0) is 37.6 Å². The van der Waals surface area contributed by atoms with Gasteiger partial charge in [-0.1, -0.05) is 34.1 Å². The first kappa shape index (κ1) is 21.0. The lowest BCUT2D eigenvalue weighted by molar-refractivity contribution is 0.158. The number of halogens is 2. The average Bonchev–Trinajstić information content (AvgIpc) is 3.07. The maximum atomic E-state index is 10.1. The molecule has 5 nitrogen and oxygen atoms in total. The van der Waals surface area contributed by atoms with Crippen molar-refractivity contribution in [3.63, 3.8) is 0 Å². The Kier molecular flexibility index (Phi) is 9.38. The Bertz CT molecular complexity index is 635. The predicted molar refractivity (Wildman–Crippen MR) is 111 cm³/mol. The van der Waals surface area contributed by atoms with Crippen molar-refractivity contribution in [2.75, 3.05) is 13.1 Å². The molecule has 7 heteroatoms. The van der Waals surface area contributed by atoms with Crippen molar-refractivity contribution in [3.8, 4) is 0 Å². The van der Waals surface area contributed by atoms with E-state index in [-0.39, 0.29) is 36.6 Å². The molecular weight excluding hydrogens is 485 g/mol. The Morgan fingerprint density at radius 3 is 2.67 bits per heavy atom. The fourth-order valence-electron chi connectivity index (χ4n) is 2.18. The highest BCUT2D eigenvalue weighted by Gasteiger charge is 2.13. The number of guanidine groups is 1. The van der Waals surface area contributed by atoms with E-state index in [2.05, 4.69) is 44.5 Å². The smallest absolute Gasteiger partial charge is 0.191 e. The molecule has 0 saturated heterocycles. The average molecular weight is 508 g/mol. The zero-order valence-electron chi connectivity index (χ0n) is 13.7. The van der Waals surface area contributed by atoms with E-state index in [0.29, 0.717) is 11.7 Å². The van der Waals surface area contributed by atoms with Gasteiger partial charge in [0.05, 0.1) is 18.8 Å². The molecule has 0 aliphatic carbocycles. The fourth-order valence-corrected chi connectivity index (χ4v) is 2.81. The molecule has 0 radical (unpaired) electrons. The van der Waals surface area contributed by atoms with E-state index in [9.17, 15) is 5.11 Å². The van der Waals surface area contributed by atoms with Crippen LogP contribution < -0.4 is 10.6 Å². The number of hydrogen-bond donors (Lipinski definition) is 3. The van der Waals surface area contributed by atoms with Crippen molar-refractivity contribution >= 4 is 45.9 Å². The second kappa shape index (κ2) is 10.7. The van der Waals surface area contributed by atoms with Crippen LogP contribution in [0.3, 0.4) is 0 Å². The molecule has 0 saturated carbocycles. The number of furan rings is 1. The zero-order valence-corrected chi connectivity index (χ0v) is 17.6. The van der Waals surface area contributed by atoms with Crippen molar-refractivity contribution in [1.29, 1.82) is 0 Å². The summed E-state index contributed by atoms with van der Waals surface area (Å²) in [6.45, 7) is 5.04. The third-order valence-electron chi connectivity index (χ3n) is 3.36. The predicted octanol–water partition coefficient (Wildman–Crippen LogP) is 4.01. The number of aliphatic imine (C=N–C) groups is 1. The summed E-state index contributed by atoms with van der Waals surface area (Å²) in [7, 11) is 0. The van der Waals surface area contributed by atoms with Gasteiger partial charge in [-0.2, -0.15) is 0 Å². The standard InChI is InChI=1S/C17H22BrN3O2.HI/c1-3-19-17(20-11-15(22)16-9-6-10-23-16)21-12(2)13-7-4-5-8-14(13)18;/h4-10,12,15,22H,3,11H2,1-2H3,(H2,19,20,21);1H. The second-order valence-corrected chi connectivity index (χ2v) is 5.99. The minimum Gasteiger partial charge on any atom is -0.467 e. The van der Waals surface area contributed by atoms with E-state index >= 15 is 0 Å². The fraction of sp³-hybridized carbons (Fsp3) is 0.353. The van der Waals surface area contributed by atoms with E-state index in [1.54, 1.807) is 18.4 Å². The zero-order chi connectivity index (χ0) is 16.7. The highest BCUT2D eigenvalue weighted by atomic mass is 127. The van der Waals surface area contributed by atoms with Gasteiger partial charge in [0.25, 0.3) is 0 Å². The van der Waals surface area contributed by atoms with Crippen molar-refractivity contribution in [2.45, 2.75) is 26.0 Å². The van der Waals surface area contributed by atoms with E-state index in [0.717, 1.165) is 16.6 Å². The number of nitrogens with one attached hydrogen (secondary N) is 2. The summed E-state index contributed by atoms with van der Waals surface area (Å²) in [4.78, 5) is 4.43. The molecule has 1 aromatic heterocycles. The van der Waals surface area contributed by atoms with E-state index in [1.165, 1.54) is 0 Å². The van der Waals surface area contributed by atoms with Crippen LogP contribution in [-0.4, -0.2) is 24.2 Å². The molecule has 2 atom stereocenters. The Morgan fingerprint density at radius 2 is 2.04 bits per heavy atom. The van der Waals surface area contributed by atoms with Crippen LogP contribution >= 0.6 is 39.9 Å². The van der Waals surface area contributed by atoms with Gasteiger partial charge in [0, 0.05) is 11.0 Å². The van der Waals surface area contributed by atoms with Gasteiger partial charge in [-0.3, -0.25) is 4.99 Å². The SMILES string of the molecule is CCNC(=NCC(O)c1ccco1)NC(C)c1ccccc1Br.I. The summed E-state index contributed by atoms with van der Waals surface area (Å²) >= 11 is 3.56. The highest BCUT2D eigenvalue weighted by molar-refractivity contribution is 14.0. The Hall–Kier alpha value is -1.06. The summed E-state index contributed by atoms with van der Waals surface area (Å²) in [5.74, 6) is 1.17. The lowest BCUT2D eigenvalue weighted by atomic mass is 10.1. The highest BCUT2D eigenvalue weighted by Crippen LogP contribution is 2.22. The molecule has 132 valence electrons. The van der Waals surface area contributed by atoms with Crippen LogP contribution in [0.5, 0.6) is 0 Å². The lowest BCUT2D eigenvalue weighted by Gasteiger charge is -2.19. The first-order chi connectivity index (χ1) is 11.1. The van der Waals surface area contributed by atoms with Gasteiger partial charge >= 0.3 is 0 Å². The third-order valence-corrected chi connectivity index (χ3v) is 4.09. The topological polar surface area (TPSA) is 69.8 Å². The summed E-state index contributed by atoms with van der Waals surface area (Å²) in [6.07, 6.45) is 0.792. The molecule has 2 unspecified atom stereocenters. The van der Waals surface area contributed by atoms with Gasteiger partial charge in [-0.25, -0.2) is 0 Å². The number of hydrogen-bond acceptors (Lipinski definition) is 3. The number of rotatable bonds is 6. The van der Waals surface area contributed by atoms with Crippen LogP contribution in [0.15, 0.2) is 56.5 Å². The van der Waals surface area contributed by atoms with Crippen molar-refractivity contribution in [3.05, 3.63) is 58.5 Å². The molecule has 0 amide bonds. The van der Waals surface area contributed by atoms with Crippen LogP contribution in [0.4, 0.5) is 0 Å². The molecule has 0 bridgehead atoms. The molecule has 1 heterocycles. The maximum absolute atomic E-state index is 10.1. The molecule has 1 aromatic carbocycles. The maximum Gasteiger partial charge on any atom is 0.191 e. The van der Waals surface area contributed by atoms with E-state index in [4.69, 9.17) is 4.42 Å². The Labute approximate surface area is 168 Å². The van der Waals surface area contributed by atoms with E-state index in [1.807, 2.05) is 25.1 Å². The van der Waals surface area contributed by atoms with Crippen molar-refractivity contribution < 1.29 is 9.52 Å². The normalized spacial score (nSPS) is 13.8. The minimum absolute atomic E-state index is 0. The van der Waals surface area contributed by atoms with Crippen LogP contribution in [0.1, 0.15) is 37.3 Å². The van der Waals surface area contributed by atoms with Crippen molar-refractivity contribution in [1.82, 2.24) is 10.6 Å². The number of aliphatic hydroxyl groups is 1. The second-order valence-electron chi connectivity index (χ2n) is 5.14. The molecule has 0 aliphatic heterocycles. The van der Waals surface area contributed by atoms with Crippen LogP contribution in [-0.2, 0) is 0 Å². The summed E-state index contributed by atoms with van der Waals surface area (Å²) in [5, 5.41) is 16.6. The summed E-state index contributed by atoms with van der Waals surface area (Å²) in [6, 6.07) is 11.6. The van der Waals surface area contributed by atoms with Gasteiger partial charge in [0.15, 0.2) is 5.96 Å². The lowest BCUT2D eigenvalue weighted by Crippen LogP contribution is -2.39. The van der Waals surface area contributed by atoms with Gasteiger partial charge in [0.2, 0.25) is 0 Å². The molecular formula is C17H23BrIN3O2. The number of aliphatic hydroxyl groups excluding tert-OH is 1. The minimum atomic E-state index is -0.751. The number of nitrogens with zero attached hydrogens (tertiary/aromatic N) is 1. The van der Waals surface area contributed by atoms with Crippen molar-refractivity contribution in [2.24, 2.45) is 4.99 Å². The Balaban J connectivity index is 0.00000288. The summed E-state index contributed by atoms with van der Waals surface area (Å²) < 4.78 is 6.24. The monoisotopic (exact) mass is 507 g/mol. The summed E-state index contributed by atoms with van der Waals surface area (Å²) in [5.41, 5.74) is 1.14. The van der Waals surface area contributed by atoms with Crippen LogP contribution in [0.2, 0.25) is 0 Å². The largest absolute Gasteiger partial charge is 0.467 e. The molecule has 0 aliphatic rings. The molecule has 3 N–H and O–H groups in total. The number of benzene rings is 1. The molecule has 2 aromatic rings. The first-order valence-corrected chi connectivity index (χ1v) is 8.41. The molecule has 0 spiro atoms. The molecule has 0 fully saturated rings. The Morgan fingerprint density at radius 1 is 1.29 bits per heavy atom. The van der Waals surface area contributed by atoms with Gasteiger partial charge in [-0.15, -0.1) is 24.0 Å². The van der Waals surface area contributed by atoms with Gasteiger partial charge < -0.3 is 20.2 Å². The third kappa shape index (κ3) is 6.10. The van der Waals surface area contributed by atoms with Crippen LogP contribution in [0.25, 0.3) is 0 Å². The quantitative estimate of drug-likeness (QED) is 0.314. The van der Waals surface area contributed by atoms with Crippen LogP contribution in [0, 0.1) is 0 Å². The van der Waals surface area contributed by atoms with E-state index < -0.39 is 6.10 Å².